The van der Waals surface area contributed by atoms with Crippen molar-refractivity contribution >= 4 is 5.91 Å². The third kappa shape index (κ3) is 1.88. The molecule has 16 heavy (non-hydrogen) atoms. The van der Waals surface area contributed by atoms with Crippen LogP contribution < -0.4 is 5.32 Å². The lowest BCUT2D eigenvalue weighted by Gasteiger charge is -2.19. The van der Waals surface area contributed by atoms with Crippen LogP contribution in [0.3, 0.4) is 0 Å². The van der Waals surface area contributed by atoms with E-state index in [1.807, 2.05) is 0 Å². The average Bonchev–Trinajstić information content (AvgIpc) is 2.94. The second-order valence-electron chi connectivity index (χ2n) is 5.54. The predicted molar refractivity (Wildman–Crippen MR) is 60.6 cm³/mol. The Morgan fingerprint density at radius 3 is 2.75 bits per heavy atom. The van der Waals surface area contributed by atoms with E-state index in [9.17, 15) is 9.90 Å². The monoisotopic (exact) mass is 221 g/mol. The van der Waals surface area contributed by atoms with E-state index in [-0.39, 0.29) is 17.9 Å². The molecule has 3 aliphatic rings. The molecule has 88 valence electrons. The summed E-state index contributed by atoms with van der Waals surface area (Å²) in [6.45, 7) is 0.446. The summed E-state index contributed by atoms with van der Waals surface area (Å²) in [6.07, 6.45) is 8.51. The van der Waals surface area contributed by atoms with Crippen LogP contribution in [-0.2, 0) is 4.79 Å². The maximum Gasteiger partial charge on any atom is 0.223 e. The molecule has 2 fully saturated rings. The van der Waals surface area contributed by atoms with Crippen molar-refractivity contribution in [3.63, 3.8) is 0 Å². The maximum atomic E-state index is 11.9. The number of hydrogen-bond donors (Lipinski definition) is 2. The van der Waals surface area contributed by atoms with Gasteiger partial charge in [0, 0.05) is 12.5 Å². The molecule has 4 atom stereocenters. The van der Waals surface area contributed by atoms with Gasteiger partial charge in [0.05, 0.1) is 6.10 Å². The molecular formula is C13H19NO2. The second-order valence-corrected chi connectivity index (χ2v) is 5.54. The van der Waals surface area contributed by atoms with Gasteiger partial charge in [-0.25, -0.2) is 0 Å². The Hall–Kier alpha value is -0.830. The van der Waals surface area contributed by atoms with Crippen molar-refractivity contribution in [1.82, 2.24) is 5.32 Å². The molecule has 0 aromatic carbocycles. The molecular weight excluding hydrogens is 202 g/mol. The summed E-state index contributed by atoms with van der Waals surface area (Å²) in [5, 5.41) is 12.6. The minimum absolute atomic E-state index is 0.150. The number of carbonyl (C=O) groups excluding carboxylic acids is 1. The molecule has 3 aliphatic carbocycles. The van der Waals surface area contributed by atoms with Gasteiger partial charge in [0.25, 0.3) is 0 Å². The fourth-order valence-electron chi connectivity index (χ4n) is 3.07. The van der Waals surface area contributed by atoms with Crippen LogP contribution in [-0.4, -0.2) is 23.7 Å². The van der Waals surface area contributed by atoms with E-state index < -0.39 is 0 Å². The van der Waals surface area contributed by atoms with Gasteiger partial charge in [-0.05, 0) is 43.4 Å². The number of fused-ring (bicyclic) bond motifs is 2. The number of rotatable bonds is 4. The Bertz CT molecular complexity index is 322. The molecule has 0 heterocycles. The number of nitrogens with one attached hydrogen (secondary N) is 1. The number of hydrogen-bond acceptors (Lipinski definition) is 2. The van der Waals surface area contributed by atoms with Crippen LogP contribution >= 0.6 is 0 Å². The molecule has 0 aromatic heterocycles. The normalized spacial score (nSPS) is 37.7. The Morgan fingerprint density at radius 1 is 1.38 bits per heavy atom. The summed E-state index contributed by atoms with van der Waals surface area (Å²) in [5.74, 6) is 1.86. The lowest BCUT2D eigenvalue weighted by atomic mass is 9.93. The standard InChI is InChI=1S/C13H19NO2/c15-12(9-3-4-9)7-14-13(16)11-6-8-1-2-10(11)5-8/h1-2,8-12,15H,3-7H2,(H,14,16). The van der Waals surface area contributed by atoms with E-state index >= 15 is 0 Å². The topological polar surface area (TPSA) is 49.3 Å². The zero-order chi connectivity index (χ0) is 11.1. The fourth-order valence-corrected chi connectivity index (χ4v) is 3.07. The van der Waals surface area contributed by atoms with Gasteiger partial charge in [-0.2, -0.15) is 0 Å². The summed E-state index contributed by atoms with van der Waals surface area (Å²) >= 11 is 0. The molecule has 0 aromatic rings. The molecule has 3 nitrogen and oxygen atoms in total. The Kier molecular flexibility index (Phi) is 2.51. The Morgan fingerprint density at radius 2 is 2.19 bits per heavy atom. The smallest absolute Gasteiger partial charge is 0.223 e. The van der Waals surface area contributed by atoms with Crippen molar-refractivity contribution in [2.24, 2.45) is 23.7 Å². The molecule has 4 unspecified atom stereocenters. The summed E-state index contributed by atoms with van der Waals surface area (Å²) in [6, 6.07) is 0. The Labute approximate surface area is 95.9 Å². The third-order valence-corrected chi connectivity index (χ3v) is 4.27. The SMILES string of the molecule is O=C(NCC(O)C1CC1)C1CC2C=CC1C2. The minimum Gasteiger partial charge on any atom is -0.391 e. The molecule has 0 radical (unpaired) electrons. The fraction of sp³-hybridized carbons (Fsp3) is 0.769. The lowest BCUT2D eigenvalue weighted by molar-refractivity contribution is -0.126. The van der Waals surface area contributed by atoms with Crippen LogP contribution in [0.4, 0.5) is 0 Å². The minimum atomic E-state index is -0.321. The van der Waals surface area contributed by atoms with Crippen molar-refractivity contribution in [2.75, 3.05) is 6.54 Å². The van der Waals surface area contributed by atoms with Crippen molar-refractivity contribution in [3.05, 3.63) is 12.2 Å². The van der Waals surface area contributed by atoms with Crippen LogP contribution in [0.15, 0.2) is 12.2 Å². The average molecular weight is 221 g/mol. The zero-order valence-corrected chi connectivity index (χ0v) is 9.43. The predicted octanol–water partition coefficient (Wildman–Crippen LogP) is 1.09. The molecule has 3 heteroatoms. The summed E-state index contributed by atoms with van der Waals surface area (Å²) < 4.78 is 0. The highest BCUT2D eigenvalue weighted by molar-refractivity contribution is 5.80. The molecule has 0 aliphatic heterocycles. The van der Waals surface area contributed by atoms with Gasteiger partial charge in [-0.1, -0.05) is 12.2 Å². The van der Waals surface area contributed by atoms with Crippen LogP contribution in [0, 0.1) is 23.7 Å². The lowest BCUT2D eigenvalue weighted by Crippen LogP contribution is -2.38. The van der Waals surface area contributed by atoms with Crippen LogP contribution in [0.2, 0.25) is 0 Å². The van der Waals surface area contributed by atoms with Crippen molar-refractivity contribution in [3.8, 4) is 0 Å². The van der Waals surface area contributed by atoms with Gasteiger partial charge >= 0.3 is 0 Å². The first-order chi connectivity index (χ1) is 7.74. The highest BCUT2D eigenvalue weighted by Gasteiger charge is 2.40. The van der Waals surface area contributed by atoms with Gasteiger partial charge in [-0.3, -0.25) is 4.79 Å². The quantitative estimate of drug-likeness (QED) is 0.698. The van der Waals surface area contributed by atoms with Gasteiger partial charge in [0.2, 0.25) is 5.91 Å². The van der Waals surface area contributed by atoms with Crippen LogP contribution in [0.25, 0.3) is 0 Å². The van der Waals surface area contributed by atoms with Crippen LogP contribution in [0.5, 0.6) is 0 Å². The maximum absolute atomic E-state index is 11.9. The number of amides is 1. The highest BCUT2D eigenvalue weighted by Crippen LogP contribution is 2.43. The van der Waals surface area contributed by atoms with Crippen molar-refractivity contribution in [2.45, 2.75) is 31.8 Å². The second kappa shape index (κ2) is 3.88. The van der Waals surface area contributed by atoms with E-state index in [4.69, 9.17) is 0 Å². The van der Waals surface area contributed by atoms with Crippen LogP contribution in [0.1, 0.15) is 25.7 Å². The Balaban J connectivity index is 1.48. The first-order valence-electron chi connectivity index (χ1n) is 6.38. The zero-order valence-electron chi connectivity index (χ0n) is 9.43. The van der Waals surface area contributed by atoms with E-state index in [0.29, 0.717) is 24.3 Å². The molecule has 2 N–H and O–H groups in total. The molecule has 0 saturated heterocycles. The molecule has 3 rings (SSSR count). The molecule has 2 saturated carbocycles. The van der Waals surface area contributed by atoms with Crippen molar-refractivity contribution < 1.29 is 9.90 Å². The summed E-state index contributed by atoms with van der Waals surface area (Å²) in [4.78, 5) is 11.9. The van der Waals surface area contributed by atoms with E-state index in [0.717, 1.165) is 25.7 Å². The number of carbonyl (C=O) groups is 1. The van der Waals surface area contributed by atoms with Gasteiger partial charge < -0.3 is 10.4 Å². The van der Waals surface area contributed by atoms with Gasteiger partial charge in [0.15, 0.2) is 0 Å². The molecule has 2 bridgehead atoms. The largest absolute Gasteiger partial charge is 0.391 e. The van der Waals surface area contributed by atoms with Crippen molar-refractivity contribution in [1.29, 1.82) is 0 Å². The highest BCUT2D eigenvalue weighted by atomic mass is 16.3. The van der Waals surface area contributed by atoms with Gasteiger partial charge in [-0.15, -0.1) is 0 Å². The van der Waals surface area contributed by atoms with E-state index in [1.165, 1.54) is 0 Å². The van der Waals surface area contributed by atoms with Gasteiger partial charge in [0.1, 0.15) is 0 Å². The first kappa shape index (κ1) is 10.3. The molecule has 1 amide bonds. The number of allylic oxidation sites excluding steroid dienone is 2. The van der Waals surface area contributed by atoms with E-state index in [1.54, 1.807) is 0 Å². The van der Waals surface area contributed by atoms with E-state index in [2.05, 4.69) is 17.5 Å². The number of aliphatic hydroxyl groups excluding tert-OH is 1. The third-order valence-electron chi connectivity index (χ3n) is 4.27. The first-order valence-corrected chi connectivity index (χ1v) is 6.38. The molecule has 0 spiro atoms. The summed E-state index contributed by atoms with van der Waals surface area (Å²) in [5.41, 5.74) is 0. The summed E-state index contributed by atoms with van der Waals surface area (Å²) in [7, 11) is 0. The number of aliphatic hydroxyl groups is 1.